The van der Waals surface area contributed by atoms with E-state index in [1.807, 2.05) is 42.8 Å². The van der Waals surface area contributed by atoms with Crippen LogP contribution in [0.2, 0.25) is 5.15 Å². The number of hydrogen-bond acceptors (Lipinski definition) is 2. The van der Waals surface area contributed by atoms with Crippen LogP contribution in [0.3, 0.4) is 0 Å². The number of aryl methyl sites for hydroxylation is 1. The molecule has 86 valence electrons. The van der Waals surface area contributed by atoms with E-state index in [0.717, 1.165) is 29.8 Å². The number of carbonyl (C=O) groups excluding carboxylic acids is 1. The van der Waals surface area contributed by atoms with Crippen LogP contribution in [0.1, 0.15) is 22.5 Å². The summed E-state index contributed by atoms with van der Waals surface area (Å²) in [6.07, 6.45) is 2.64. The molecule has 0 saturated carbocycles. The number of ketones is 1. The van der Waals surface area contributed by atoms with Crippen molar-refractivity contribution in [3.63, 3.8) is 0 Å². The number of rotatable bonds is 1. The predicted octanol–water partition coefficient (Wildman–Crippen LogP) is 2.48. The standard InChI is InChI=1S/C12H15ClN2O/c1-8-6-10(13)15-5-4-9(7-14(2)3)12(16)11(8)15/h6-7H,4-5H2,1-3H3/b9-7+. The summed E-state index contributed by atoms with van der Waals surface area (Å²) < 4.78 is 1.90. The van der Waals surface area contributed by atoms with Gasteiger partial charge in [-0.05, 0) is 25.0 Å². The Morgan fingerprint density at radius 2 is 2.19 bits per heavy atom. The van der Waals surface area contributed by atoms with Gasteiger partial charge in [0.25, 0.3) is 0 Å². The summed E-state index contributed by atoms with van der Waals surface area (Å²) in [6, 6.07) is 1.85. The fourth-order valence-corrected chi connectivity index (χ4v) is 2.43. The van der Waals surface area contributed by atoms with Gasteiger partial charge >= 0.3 is 0 Å². The Bertz CT molecular complexity index is 472. The second-order valence-corrected chi connectivity index (χ2v) is 4.73. The summed E-state index contributed by atoms with van der Waals surface area (Å²) in [6.45, 7) is 2.71. The molecule has 2 heterocycles. The van der Waals surface area contributed by atoms with Crippen molar-refractivity contribution in [1.29, 1.82) is 0 Å². The first-order chi connectivity index (χ1) is 7.50. The van der Waals surface area contributed by atoms with Crippen LogP contribution in [0, 0.1) is 6.92 Å². The van der Waals surface area contributed by atoms with E-state index in [0.29, 0.717) is 5.15 Å². The summed E-state index contributed by atoms with van der Waals surface area (Å²) in [5.74, 6) is 0.101. The minimum Gasteiger partial charge on any atom is -0.383 e. The fourth-order valence-electron chi connectivity index (χ4n) is 2.10. The number of hydrogen-bond donors (Lipinski definition) is 0. The van der Waals surface area contributed by atoms with Gasteiger partial charge in [0.2, 0.25) is 5.78 Å². The van der Waals surface area contributed by atoms with Gasteiger partial charge in [-0.3, -0.25) is 4.79 Å². The van der Waals surface area contributed by atoms with Crippen molar-refractivity contribution in [2.24, 2.45) is 0 Å². The van der Waals surface area contributed by atoms with Gasteiger partial charge in [0.1, 0.15) is 5.15 Å². The fraction of sp³-hybridized carbons (Fsp3) is 0.417. The van der Waals surface area contributed by atoms with Gasteiger partial charge in [0.05, 0.1) is 5.69 Å². The van der Waals surface area contributed by atoms with Crippen LogP contribution < -0.4 is 0 Å². The molecule has 0 spiro atoms. The summed E-state index contributed by atoms with van der Waals surface area (Å²) in [5, 5.41) is 0.657. The molecule has 0 aliphatic carbocycles. The third-order valence-corrected chi connectivity index (χ3v) is 3.08. The van der Waals surface area contributed by atoms with Crippen LogP contribution >= 0.6 is 11.6 Å². The molecule has 0 unspecified atom stereocenters. The molecule has 0 radical (unpaired) electrons. The molecular weight excluding hydrogens is 224 g/mol. The van der Waals surface area contributed by atoms with E-state index < -0.39 is 0 Å². The van der Waals surface area contributed by atoms with Crippen molar-refractivity contribution in [1.82, 2.24) is 9.47 Å². The van der Waals surface area contributed by atoms with Crippen LogP contribution in [0.15, 0.2) is 17.8 Å². The Morgan fingerprint density at radius 1 is 1.50 bits per heavy atom. The smallest absolute Gasteiger partial charge is 0.207 e. The minimum atomic E-state index is 0.101. The molecule has 0 N–H and O–H groups in total. The normalized spacial score (nSPS) is 17.8. The van der Waals surface area contributed by atoms with Gasteiger partial charge in [-0.1, -0.05) is 11.6 Å². The van der Waals surface area contributed by atoms with E-state index >= 15 is 0 Å². The van der Waals surface area contributed by atoms with Crippen LogP contribution in [0.25, 0.3) is 0 Å². The molecular formula is C12H15ClN2O. The average molecular weight is 239 g/mol. The Labute approximate surface area is 100 Å². The lowest BCUT2D eigenvalue weighted by molar-refractivity contribution is 0.100. The van der Waals surface area contributed by atoms with Crippen molar-refractivity contribution in [2.45, 2.75) is 19.9 Å². The van der Waals surface area contributed by atoms with Crippen LogP contribution in [-0.4, -0.2) is 29.3 Å². The average Bonchev–Trinajstić information content (AvgIpc) is 2.46. The maximum atomic E-state index is 12.2. The Morgan fingerprint density at radius 3 is 2.81 bits per heavy atom. The molecule has 0 saturated heterocycles. The molecule has 1 aromatic rings. The Hall–Kier alpha value is -1.22. The minimum absolute atomic E-state index is 0.101. The molecule has 3 nitrogen and oxygen atoms in total. The SMILES string of the molecule is Cc1cc(Cl)n2c1C(=O)/C(=C/N(C)C)CC2. The summed E-state index contributed by atoms with van der Waals surface area (Å²) >= 11 is 6.06. The van der Waals surface area contributed by atoms with E-state index in [1.165, 1.54) is 0 Å². The van der Waals surface area contributed by atoms with Crippen molar-refractivity contribution in [2.75, 3.05) is 14.1 Å². The maximum absolute atomic E-state index is 12.2. The monoisotopic (exact) mass is 238 g/mol. The number of fused-ring (bicyclic) bond motifs is 1. The van der Waals surface area contributed by atoms with E-state index in [9.17, 15) is 4.79 Å². The van der Waals surface area contributed by atoms with E-state index in [-0.39, 0.29) is 5.78 Å². The molecule has 0 fully saturated rings. The lowest BCUT2D eigenvalue weighted by Gasteiger charge is -2.20. The summed E-state index contributed by atoms with van der Waals surface area (Å²) in [7, 11) is 3.85. The zero-order valence-electron chi connectivity index (χ0n) is 9.75. The second kappa shape index (κ2) is 3.98. The van der Waals surface area contributed by atoms with Crippen molar-refractivity contribution < 1.29 is 4.79 Å². The van der Waals surface area contributed by atoms with Gasteiger partial charge in [-0.25, -0.2) is 0 Å². The molecule has 2 rings (SSSR count). The van der Waals surface area contributed by atoms with E-state index in [1.54, 1.807) is 0 Å². The van der Waals surface area contributed by atoms with Gasteiger partial charge in [0.15, 0.2) is 0 Å². The molecule has 1 aliphatic rings. The van der Waals surface area contributed by atoms with Crippen molar-refractivity contribution >= 4 is 17.4 Å². The summed E-state index contributed by atoms with van der Waals surface area (Å²) in [4.78, 5) is 14.1. The quantitative estimate of drug-likeness (QED) is 0.703. The number of aromatic nitrogens is 1. The lowest BCUT2D eigenvalue weighted by Crippen LogP contribution is -2.21. The van der Waals surface area contributed by atoms with Crippen LogP contribution in [0.5, 0.6) is 0 Å². The molecule has 0 amide bonds. The molecule has 0 aromatic carbocycles. The van der Waals surface area contributed by atoms with Crippen LogP contribution in [-0.2, 0) is 6.54 Å². The first-order valence-electron chi connectivity index (χ1n) is 5.28. The molecule has 4 heteroatoms. The zero-order chi connectivity index (χ0) is 11.9. The van der Waals surface area contributed by atoms with Gasteiger partial charge < -0.3 is 9.47 Å². The molecule has 0 atom stereocenters. The highest BCUT2D eigenvalue weighted by atomic mass is 35.5. The molecule has 16 heavy (non-hydrogen) atoms. The molecule has 0 bridgehead atoms. The largest absolute Gasteiger partial charge is 0.383 e. The highest BCUT2D eigenvalue weighted by Gasteiger charge is 2.25. The predicted molar refractivity (Wildman–Crippen MR) is 64.9 cm³/mol. The summed E-state index contributed by atoms with van der Waals surface area (Å²) in [5.41, 5.74) is 2.55. The second-order valence-electron chi connectivity index (χ2n) is 4.35. The number of nitrogens with zero attached hydrogens (tertiary/aromatic N) is 2. The van der Waals surface area contributed by atoms with E-state index in [2.05, 4.69) is 0 Å². The Kier molecular flexibility index (Phi) is 2.80. The lowest BCUT2D eigenvalue weighted by atomic mass is 10.0. The van der Waals surface area contributed by atoms with E-state index in [4.69, 9.17) is 11.6 Å². The number of halogens is 1. The molecule has 1 aromatic heterocycles. The number of Topliss-reactive ketones (excluding diaryl/α,β-unsaturated/α-hetero) is 1. The molecule has 1 aliphatic heterocycles. The highest BCUT2D eigenvalue weighted by Crippen LogP contribution is 2.28. The van der Waals surface area contributed by atoms with Gasteiger partial charge in [-0.2, -0.15) is 0 Å². The first-order valence-corrected chi connectivity index (χ1v) is 5.66. The number of allylic oxidation sites excluding steroid dienone is 1. The topological polar surface area (TPSA) is 25.2 Å². The first kappa shape index (κ1) is 11.3. The number of carbonyl (C=O) groups is 1. The third kappa shape index (κ3) is 1.76. The van der Waals surface area contributed by atoms with Crippen molar-refractivity contribution in [3.8, 4) is 0 Å². The van der Waals surface area contributed by atoms with Crippen LogP contribution in [0.4, 0.5) is 0 Å². The van der Waals surface area contributed by atoms with Gasteiger partial charge in [-0.15, -0.1) is 0 Å². The Balaban J connectivity index is 2.47. The highest BCUT2D eigenvalue weighted by molar-refractivity contribution is 6.30. The van der Waals surface area contributed by atoms with Crippen molar-refractivity contribution in [3.05, 3.63) is 34.2 Å². The van der Waals surface area contributed by atoms with Gasteiger partial charge in [0, 0.05) is 32.4 Å². The maximum Gasteiger partial charge on any atom is 0.207 e. The zero-order valence-corrected chi connectivity index (χ0v) is 10.5. The third-order valence-electron chi connectivity index (χ3n) is 2.76.